The van der Waals surface area contributed by atoms with Gasteiger partial charge in [-0.2, -0.15) is 5.10 Å². The molecule has 2 amide bonds. The molecule has 2 N–H and O–H groups in total. The number of anilines is 1. The van der Waals surface area contributed by atoms with E-state index >= 15 is 0 Å². The first kappa shape index (κ1) is 15.2. The summed E-state index contributed by atoms with van der Waals surface area (Å²) < 4.78 is 1.75. The minimum Gasteiger partial charge on any atom is -0.337 e. The van der Waals surface area contributed by atoms with Crippen LogP contribution in [0.1, 0.15) is 10.6 Å². The maximum atomic E-state index is 12.0. The molecule has 2 heterocycles. The highest BCUT2D eigenvalue weighted by atomic mass is 32.1. The molecule has 0 aliphatic heterocycles. The van der Waals surface area contributed by atoms with E-state index in [4.69, 9.17) is 0 Å². The number of rotatable bonds is 5. The normalized spacial score (nSPS) is 10.5. The van der Waals surface area contributed by atoms with Gasteiger partial charge < -0.3 is 10.6 Å². The van der Waals surface area contributed by atoms with Gasteiger partial charge in [0.05, 0.1) is 10.7 Å². The SMILES string of the molecule is Cc1ccc(-n2cccn2)cc1NC(=O)NCCc1nccs1. The molecule has 0 aliphatic carbocycles. The van der Waals surface area contributed by atoms with Gasteiger partial charge in [0.2, 0.25) is 0 Å². The van der Waals surface area contributed by atoms with Crippen molar-refractivity contribution in [3.05, 3.63) is 58.8 Å². The Balaban J connectivity index is 1.60. The summed E-state index contributed by atoms with van der Waals surface area (Å²) >= 11 is 1.59. The fourth-order valence-electron chi connectivity index (χ4n) is 2.13. The molecule has 7 heteroatoms. The molecule has 0 saturated carbocycles. The van der Waals surface area contributed by atoms with Crippen LogP contribution in [0.15, 0.2) is 48.2 Å². The number of carbonyl (C=O) groups is 1. The van der Waals surface area contributed by atoms with E-state index in [9.17, 15) is 4.79 Å². The lowest BCUT2D eigenvalue weighted by atomic mass is 10.2. The first-order valence-corrected chi connectivity index (χ1v) is 8.14. The Morgan fingerprint density at radius 1 is 1.35 bits per heavy atom. The summed E-state index contributed by atoms with van der Waals surface area (Å²) in [6.07, 6.45) is 6.09. The van der Waals surface area contributed by atoms with Crippen LogP contribution in [0, 0.1) is 6.92 Å². The third-order valence-electron chi connectivity index (χ3n) is 3.35. The minimum atomic E-state index is -0.220. The van der Waals surface area contributed by atoms with E-state index in [2.05, 4.69) is 20.7 Å². The van der Waals surface area contributed by atoms with Crippen LogP contribution in [-0.2, 0) is 6.42 Å². The highest BCUT2D eigenvalue weighted by Crippen LogP contribution is 2.19. The Labute approximate surface area is 138 Å². The molecule has 3 rings (SSSR count). The number of carbonyl (C=O) groups excluding carboxylic acids is 1. The molecule has 0 spiro atoms. The maximum Gasteiger partial charge on any atom is 0.319 e. The summed E-state index contributed by atoms with van der Waals surface area (Å²) in [6.45, 7) is 2.51. The molecule has 2 aromatic heterocycles. The highest BCUT2D eigenvalue weighted by molar-refractivity contribution is 7.09. The van der Waals surface area contributed by atoms with Crippen LogP contribution < -0.4 is 10.6 Å². The van der Waals surface area contributed by atoms with E-state index in [1.807, 2.05) is 42.8 Å². The van der Waals surface area contributed by atoms with Crippen molar-refractivity contribution < 1.29 is 4.79 Å². The zero-order valence-electron chi connectivity index (χ0n) is 12.7. The molecule has 6 nitrogen and oxygen atoms in total. The van der Waals surface area contributed by atoms with Crippen LogP contribution in [0.2, 0.25) is 0 Å². The molecule has 1 aromatic carbocycles. The van der Waals surface area contributed by atoms with Crippen molar-refractivity contribution >= 4 is 23.1 Å². The van der Waals surface area contributed by atoms with Gasteiger partial charge in [-0.1, -0.05) is 6.07 Å². The summed E-state index contributed by atoms with van der Waals surface area (Å²) in [5, 5.41) is 12.9. The zero-order valence-corrected chi connectivity index (χ0v) is 13.5. The number of hydrogen-bond donors (Lipinski definition) is 2. The molecular weight excluding hydrogens is 310 g/mol. The second-order valence-electron chi connectivity index (χ2n) is 5.01. The van der Waals surface area contributed by atoms with Gasteiger partial charge in [-0.25, -0.2) is 14.5 Å². The van der Waals surface area contributed by atoms with Crippen molar-refractivity contribution in [3.8, 4) is 5.69 Å². The maximum absolute atomic E-state index is 12.0. The molecule has 0 unspecified atom stereocenters. The van der Waals surface area contributed by atoms with Crippen molar-refractivity contribution in [2.75, 3.05) is 11.9 Å². The molecule has 0 aliphatic rings. The van der Waals surface area contributed by atoms with Crippen LogP contribution >= 0.6 is 11.3 Å². The average Bonchev–Trinajstić information content (AvgIpc) is 3.22. The smallest absolute Gasteiger partial charge is 0.319 e. The van der Waals surface area contributed by atoms with Crippen molar-refractivity contribution in [2.24, 2.45) is 0 Å². The molecule has 0 bridgehead atoms. The molecule has 23 heavy (non-hydrogen) atoms. The average molecular weight is 327 g/mol. The molecule has 3 aromatic rings. The van der Waals surface area contributed by atoms with E-state index in [-0.39, 0.29) is 6.03 Å². The number of hydrogen-bond acceptors (Lipinski definition) is 4. The van der Waals surface area contributed by atoms with Crippen LogP contribution in [0.4, 0.5) is 10.5 Å². The number of nitrogens with one attached hydrogen (secondary N) is 2. The molecule has 118 valence electrons. The first-order valence-electron chi connectivity index (χ1n) is 7.26. The van der Waals surface area contributed by atoms with E-state index in [1.165, 1.54) is 0 Å². The zero-order chi connectivity index (χ0) is 16.1. The molecule has 0 atom stereocenters. The van der Waals surface area contributed by atoms with Crippen LogP contribution in [0.5, 0.6) is 0 Å². The highest BCUT2D eigenvalue weighted by Gasteiger charge is 2.07. The molecular formula is C16H17N5OS. The van der Waals surface area contributed by atoms with Gasteiger partial charge in [-0.3, -0.25) is 0 Å². The second kappa shape index (κ2) is 7.06. The fourth-order valence-corrected chi connectivity index (χ4v) is 2.76. The lowest BCUT2D eigenvalue weighted by molar-refractivity contribution is 0.252. The second-order valence-corrected chi connectivity index (χ2v) is 5.99. The van der Waals surface area contributed by atoms with Crippen molar-refractivity contribution in [1.82, 2.24) is 20.1 Å². The molecule has 0 fully saturated rings. The van der Waals surface area contributed by atoms with Gasteiger partial charge in [0.1, 0.15) is 0 Å². The van der Waals surface area contributed by atoms with Gasteiger partial charge in [0.15, 0.2) is 0 Å². The summed E-state index contributed by atoms with van der Waals surface area (Å²) in [5.41, 5.74) is 2.67. The number of aromatic nitrogens is 3. The number of nitrogens with zero attached hydrogens (tertiary/aromatic N) is 3. The van der Waals surface area contributed by atoms with Gasteiger partial charge in [-0.05, 0) is 30.7 Å². The van der Waals surface area contributed by atoms with Gasteiger partial charge >= 0.3 is 6.03 Å². The largest absolute Gasteiger partial charge is 0.337 e. The quantitative estimate of drug-likeness (QED) is 0.757. The third kappa shape index (κ3) is 3.95. The fraction of sp³-hybridized carbons (Fsp3) is 0.188. The molecule has 0 radical (unpaired) electrons. The lowest BCUT2D eigenvalue weighted by Crippen LogP contribution is -2.30. The Morgan fingerprint density at radius 2 is 2.26 bits per heavy atom. The standard InChI is InChI=1S/C16H17N5OS/c1-12-3-4-13(21-9-2-6-19-21)11-14(12)20-16(22)18-7-5-15-17-8-10-23-15/h2-4,6,8-11H,5,7H2,1H3,(H2,18,20,22). The minimum absolute atomic E-state index is 0.220. The predicted octanol–water partition coefficient (Wildman–Crippen LogP) is 3.00. The number of benzene rings is 1. The van der Waals surface area contributed by atoms with Crippen molar-refractivity contribution in [3.63, 3.8) is 0 Å². The summed E-state index contributed by atoms with van der Waals surface area (Å²) in [5.74, 6) is 0. The van der Waals surface area contributed by atoms with Crippen molar-refractivity contribution in [1.29, 1.82) is 0 Å². The Morgan fingerprint density at radius 3 is 3.00 bits per heavy atom. The first-order chi connectivity index (χ1) is 11.2. The van der Waals surface area contributed by atoms with E-state index in [1.54, 1.807) is 28.4 Å². The third-order valence-corrected chi connectivity index (χ3v) is 4.19. The Hall–Kier alpha value is -2.67. The Bertz CT molecular complexity index is 768. The topological polar surface area (TPSA) is 71.8 Å². The van der Waals surface area contributed by atoms with Crippen molar-refractivity contribution in [2.45, 2.75) is 13.3 Å². The van der Waals surface area contributed by atoms with Gasteiger partial charge in [0, 0.05) is 42.6 Å². The summed E-state index contributed by atoms with van der Waals surface area (Å²) in [7, 11) is 0. The monoisotopic (exact) mass is 327 g/mol. The summed E-state index contributed by atoms with van der Waals surface area (Å²) in [6, 6.07) is 7.47. The van der Waals surface area contributed by atoms with Crippen LogP contribution in [0.25, 0.3) is 5.69 Å². The van der Waals surface area contributed by atoms with Crippen LogP contribution in [0.3, 0.4) is 0 Å². The number of urea groups is 1. The predicted molar refractivity (Wildman–Crippen MR) is 91.1 cm³/mol. The number of thiazole rings is 1. The van der Waals surface area contributed by atoms with Gasteiger partial charge in [-0.15, -0.1) is 11.3 Å². The van der Waals surface area contributed by atoms with E-state index in [0.29, 0.717) is 6.54 Å². The Kier molecular flexibility index (Phi) is 4.68. The van der Waals surface area contributed by atoms with Crippen LogP contribution in [-0.4, -0.2) is 27.3 Å². The molecule has 0 saturated heterocycles. The number of amides is 2. The summed E-state index contributed by atoms with van der Waals surface area (Å²) in [4.78, 5) is 16.2. The lowest BCUT2D eigenvalue weighted by Gasteiger charge is -2.11. The number of aryl methyl sites for hydroxylation is 1. The van der Waals surface area contributed by atoms with E-state index < -0.39 is 0 Å². The van der Waals surface area contributed by atoms with Gasteiger partial charge in [0.25, 0.3) is 0 Å². The van der Waals surface area contributed by atoms with E-state index in [0.717, 1.165) is 28.4 Å².